The van der Waals surface area contributed by atoms with E-state index in [1.54, 1.807) is 0 Å². The van der Waals surface area contributed by atoms with Crippen molar-refractivity contribution in [3.8, 4) is 5.75 Å². The highest BCUT2D eigenvalue weighted by Gasteiger charge is 2.29. The normalized spacial score (nSPS) is 22.2. The molecule has 1 fully saturated rings. The highest BCUT2D eigenvalue weighted by atomic mass is 35.5. The Hall–Kier alpha value is -2.57. The molecule has 3 aromatic rings. The van der Waals surface area contributed by atoms with Crippen LogP contribution in [0.1, 0.15) is 41.2 Å². The van der Waals surface area contributed by atoms with Gasteiger partial charge in [-0.3, -0.25) is 0 Å². The molecule has 34 heavy (non-hydrogen) atoms. The van der Waals surface area contributed by atoms with Gasteiger partial charge in [0.15, 0.2) is 0 Å². The van der Waals surface area contributed by atoms with Gasteiger partial charge in [-0.25, -0.2) is 0 Å². The topological polar surface area (TPSA) is 62.2 Å². The Labute approximate surface area is 205 Å². The van der Waals surface area contributed by atoms with Crippen LogP contribution in [0.2, 0.25) is 5.02 Å². The molecule has 5 rings (SSSR count). The van der Waals surface area contributed by atoms with Crippen LogP contribution >= 0.6 is 11.6 Å². The molecule has 0 spiro atoms. The average molecular weight is 480 g/mol. The van der Waals surface area contributed by atoms with Gasteiger partial charge in [-0.1, -0.05) is 60.1 Å². The van der Waals surface area contributed by atoms with Crippen LogP contribution in [-0.2, 0) is 17.7 Å². The molecule has 2 aliphatic heterocycles. The van der Waals surface area contributed by atoms with Gasteiger partial charge in [0.05, 0.1) is 37.2 Å². The third kappa shape index (κ3) is 5.23. The van der Waals surface area contributed by atoms with E-state index >= 15 is 0 Å². The predicted octanol–water partition coefficient (Wildman–Crippen LogP) is 4.90. The number of hydrogen-bond donors (Lipinski definition) is 2. The second-order valence-corrected chi connectivity index (χ2v) is 9.55. The van der Waals surface area contributed by atoms with Crippen molar-refractivity contribution in [2.45, 2.75) is 44.1 Å². The second kappa shape index (κ2) is 10.4. The number of fused-ring (bicyclic) bond motifs is 1. The summed E-state index contributed by atoms with van der Waals surface area (Å²) in [6.45, 7) is 2.26. The van der Waals surface area contributed by atoms with Crippen LogP contribution in [0, 0.1) is 0 Å². The number of rotatable bonds is 6. The quantitative estimate of drug-likeness (QED) is 0.526. The second-order valence-electron chi connectivity index (χ2n) is 9.14. The zero-order valence-corrected chi connectivity index (χ0v) is 19.8. The van der Waals surface area contributed by atoms with Gasteiger partial charge in [0, 0.05) is 24.4 Å². The van der Waals surface area contributed by atoms with Gasteiger partial charge >= 0.3 is 0 Å². The summed E-state index contributed by atoms with van der Waals surface area (Å²) in [6.07, 6.45) is 0.579. The summed E-state index contributed by atoms with van der Waals surface area (Å²) in [4.78, 5) is 2.36. The van der Waals surface area contributed by atoms with E-state index in [2.05, 4.69) is 47.4 Å². The van der Waals surface area contributed by atoms with Crippen LogP contribution in [0.15, 0.2) is 66.7 Å². The molecule has 0 amide bonds. The Morgan fingerprint density at radius 3 is 2.65 bits per heavy atom. The molecule has 2 aliphatic rings. The Morgan fingerprint density at radius 1 is 0.971 bits per heavy atom. The minimum Gasteiger partial charge on any atom is -0.490 e. The fourth-order valence-corrected chi connectivity index (χ4v) is 5.05. The molecule has 5 nitrogen and oxygen atoms in total. The van der Waals surface area contributed by atoms with Gasteiger partial charge in [0.1, 0.15) is 12.4 Å². The van der Waals surface area contributed by atoms with Crippen LogP contribution < -0.4 is 9.64 Å². The standard InChI is InChI=1S/C28H30ClNO4/c29-25-8-7-21(28-16-23(32)15-24(18-31)34-28)14-22(25)12-20-6-9-27-26(13-20)30(10-11-33-27)17-19-4-2-1-3-5-19/h1-9,13-14,23-24,28,31-32H,10-12,15-18H2. The smallest absolute Gasteiger partial charge is 0.142 e. The molecule has 0 bridgehead atoms. The first-order valence-corrected chi connectivity index (χ1v) is 12.2. The molecule has 6 heteroatoms. The molecule has 0 aliphatic carbocycles. The van der Waals surface area contributed by atoms with Crippen LogP contribution in [0.5, 0.6) is 5.75 Å². The Morgan fingerprint density at radius 2 is 1.82 bits per heavy atom. The first kappa shape index (κ1) is 23.2. The van der Waals surface area contributed by atoms with Crippen molar-refractivity contribution in [1.29, 1.82) is 0 Å². The lowest BCUT2D eigenvalue weighted by atomic mass is 9.94. The van der Waals surface area contributed by atoms with E-state index in [1.807, 2.05) is 24.3 Å². The fourth-order valence-electron chi connectivity index (χ4n) is 4.87. The monoisotopic (exact) mass is 479 g/mol. The number of aliphatic hydroxyl groups is 2. The Kier molecular flexibility index (Phi) is 7.07. The number of aliphatic hydroxyl groups excluding tert-OH is 2. The zero-order valence-electron chi connectivity index (χ0n) is 19.1. The minimum absolute atomic E-state index is 0.0926. The van der Waals surface area contributed by atoms with Crippen LogP contribution in [0.4, 0.5) is 5.69 Å². The van der Waals surface area contributed by atoms with E-state index in [4.69, 9.17) is 21.1 Å². The summed E-state index contributed by atoms with van der Waals surface area (Å²) < 4.78 is 11.9. The van der Waals surface area contributed by atoms with Gasteiger partial charge in [-0.05, 0) is 46.9 Å². The number of benzene rings is 3. The van der Waals surface area contributed by atoms with Gasteiger partial charge in [-0.2, -0.15) is 0 Å². The third-order valence-electron chi connectivity index (χ3n) is 6.62. The van der Waals surface area contributed by atoms with Crippen molar-refractivity contribution < 1.29 is 19.7 Å². The van der Waals surface area contributed by atoms with Crippen molar-refractivity contribution >= 4 is 17.3 Å². The molecule has 0 saturated carbocycles. The summed E-state index contributed by atoms with van der Waals surface area (Å²) in [5.74, 6) is 0.908. The molecule has 1 saturated heterocycles. The van der Waals surface area contributed by atoms with Crippen molar-refractivity contribution in [2.75, 3.05) is 24.7 Å². The first-order valence-electron chi connectivity index (χ1n) is 11.9. The number of halogens is 1. The summed E-state index contributed by atoms with van der Waals surface area (Å²) in [5.41, 5.74) is 5.51. The van der Waals surface area contributed by atoms with E-state index in [9.17, 15) is 10.2 Å². The predicted molar refractivity (Wildman–Crippen MR) is 134 cm³/mol. The first-order chi connectivity index (χ1) is 16.6. The molecule has 3 aromatic carbocycles. The molecule has 178 valence electrons. The molecule has 3 atom stereocenters. The van der Waals surface area contributed by atoms with Crippen LogP contribution in [0.25, 0.3) is 0 Å². The van der Waals surface area contributed by atoms with Gasteiger partial charge in [0.25, 0.3) is 0 Å². The molecular formula is C28H30ClNO4. The zero-order chi connectivity index (χ0) is 23.5. The van der Waals surface area contributed by atoms with E-state index < -0.39 is 6.10 Å². The molecular weight excluding hydrogens is 450 g/mol. The van der Waals surface area contributed by atoms with E-state index in [1.165, 1.54) is 5.56 Å². The van der Waals surface area contributed by atoms with E-state index in [-0.39, 0.29) is 18.8 Å². The van der Waals surface area contributed by atoms with Crippen molar-refractivity contribution in [3.05, 3.63) is 94.0 Å². The summed E-state index contributed by atoms with van der Waals surface area (Å²) in [5, 5.41) is 20.4. The third-order valence-corrected chi connectivity index (χ3v) is 6.99. The van der Waals surface area contributed by atoms with Crippen LogP contribution in [-0.4, -0.2) is 42.2 Å². The van der Waals surface area contributed by atoms with Crippen molar-refractivity contribution in [3.63, 3.8) is 0 Å². The van der Waals surface area contributed by atoms with E-state index in [0.717, 1.165) is 41.2 Å². The summed E-state index contributed by atoms with van der Waals surface area (Å²) in [6, 6.07) is 22.7. The van der Waals surface area contributed by atoms with Crippen molar-refractivity contribution in [2.24, 2.45) is 0 Å². The number of nitrogens with zero attached hydrogens (tertiary/aromatic N) is 1. The lowest BCUT2D eigenvalue weighted by molar-refractivity contribution is -0.113. The largest absolute Gasteiger partial charge is 0.490 e. The maximum absolute atomic E-state index is 10.2. The lowest BCUT2D eigenvalue weighted by Crippen LogP contribution is -2.33. The average Bonchev–Trinajstić information content (AvgIpc) is 2.86. The molecule has 3 unspecified atom stereocenters. The highest BCUT2D eigenvalue weighted by molar-refractivity contribution is 6.31. The fraction of sp³-hybridized carbons (Fsp3) is 0.357. The van der Waals surface area contributed by atoms with Crippen LogP contribution in [0.3, 0.4) is 0 Å². The maximum Gasteiger partial charge on any atom is 0.142 e. The lowest BCUT2D eigenvalue weighted by Gasteiger charge is -2.33. The summed E-state index contributed by atoms with van der Waals surface area (Å²) >= 11 is 6.58. The van der Waals surface area contributed by atoms with E-state index in [0.29, 0.717) is 30.9 Å². The molecule has 2 N–H and O–H groups in total. The maximum atomic E-state index is 10.2. The SMILES string of the molecule is OCC1CC(O)CC(c2ccc(Cl)c(Cc3ccc4c(c3)N(Cc3ccccc3)CCO4)c2)O1. The van der Waals surface area contributed by atoms with Gasteiger partial charge in [-0.15, -0.1) is 0 Å². The van der Waals surface area contributed by atoms with Gasteiger partial charge < -0.3 is 24.6 Å². The number of ether oxygens (including phenoxy) is 2. The minimum atomic E-state index is -0.480. The van der Waals surface area contributed by atoms with Gasteiger partial charge in [0.2, 0.25) is 0 Å². The number of hydrogen-bond acceptors (Lipinski definition) is 5. The molecule has 0 radical (unpaired) electrons. The number of anilines is 1. The summed E-state index contributed by atoms with van der Waals surface area (Å²) in [7, 11) is 0. The molecule has 0 aromatic heterocycles. The Balaban J connectivity index is 1.37. The van der Waals surface area contributed by atoms with Crippen molar-refractivity contribution in [1.82, 2.24) is 0 Å². The highest BCUT2D eigenvalue weighted by Crippen LogP contribution is 2.36. The Bertz CT molecular complexity index is 1120. The molecule has 2 heterocycles.